The molecule has 0 atom stereocenters. The van der Waals surface area contributed by atoms with Gasteiger partial charge in [-0.2, -0.15) is 5.10 Å². The van der Waals surface area contributed by atoms with Crippen LogP contribution in [0.4, 0.5) is 5.82 Å². The molecule has 0 amide bonds. The number of nitrogen functional groups attached to an aromatic ring is 1. The van der Waals surface area contributed by atoms with Crippen molar-refractivity contribution in [2.45, 2.75) is 6.54 Å². The molecule has 0 aliphatic heterocycles. The first-order valence-electron chi connectivity index (χ1n) is 8.08. The van der Waals surface area contributed by atoms with E-state index in [1.54, 1.807) is 13.3 Å². The molecule has 0 aliphatic rings. The minimum absolute atomic E-state index is 0.493. The molecular weight excluding hydrogens is 316 g/mol. The number of hydrogen-bond donors (Lipinski definition) is 3. The first kappa shape index (κ1) is 15.6. The molecular formula is C18H19N6O. The van der Waals surface area contributed by atoms with E-state index in [2.05, 4.69) is 37.2 Å². The van der Waals surface area contributed by atoms with Crippen LogP contribution in [-0.4, -0.2) is 40.0 Å². The van der Waals surface area contributed by atoms with Crippen molar-refractivity contribution in [2.24, 2.45) is 0 Å². The van der Waals surface area contributed by atoms with E-state index in [-0.39, 0.29) is 0 Å². The minimum atomic E-state index is 0.493. The Hall–Kier alpha value is -2.90. The van der Waals surface area contributed by atoms with Gasteiger partial charge in [0.2, 0.25) is 0 Å². The van der Waals surface area contributed by atoms with Crippen LogP contribution in [0.2, 0.25) is 0 Å². The molecule has 0 aliphatic carbocycles. The summed E-state index contributed by atoms with van der Waals surface area (Å²) in [7, 11) is 1.70. The lowest BCUT2D eigenvalue weighted by molar-refractivity contribution is 0.199. The van der Waals surface area contributed by atoms with Gasteiger partial charge in [0.25, 0.3) is 0 Å². The third-order valence-electron chi connectivity index (χ3n) is 4.18. The standard InChI is InChI=1S/C18H19N6O/c1-25-8-7-20-11-14-9-12-3-2-6-21-18(12)24(14)13-4-5-16-15(10-13)17(19)23-22-16/h2,4-6,9-10,20H,7-8,11H2,1H3,(H3,19,22,23). The van der Waals surface area contributed by atoms with Crippen molar-refractivity contribution in [1.82, 2.24) is 25.1 Å². The maximum absolute atomic E-state index is 5.96. The molecule has 4 N–H and O–H groups in total. The fourth-order valence-corrected chi connectivity index (χ4v) is 2.99. The van der Waals surface area contributed by atoms with Crippen molar-refractivity contribution >= 4 is 27.8 Å². The molecule has 7 nitrogen and oxygen atoms in total. The molecule has 0 spiro atoms. The summed E-state index contributed by atoms with van der Waals surface area (Å²) >= 11 is 0. The van der Waals surface area contributed by atoms with Gasteiger partial charge in [0.1, 0.15) is 5.65 Å². The van der Waals surface area contributed by atoms with Crippen LogP contribution in [0.25, 0.3) is 27.6 Å². The summed E-state index contributed by atoms with van der Waals surface area (Å²) in [6, 6.07) is 13.2. The van der Waals surface area contributed by atoms with E-state index < -0.39 is 0 Å². The van der Waals surface area contributed by atoms with E-state index in [4.69, 9.17) is 10.5 Å². The molecule has 4 rings (SSSR count). The van der Waals surface area contributed by atoms with Crippen molar-refractivity contribution in [3.05, 3.63) is 48.3 Å². The topological polar surface area (TPSA) is 93.8 Å². The lowest BCUT2D eigenvalue weighted by Gasteiger charge is -2.11. The Balaban J connectivity index is 1.81. The molecule has 0 saturated heterocycles. The number of methoxy groups -OCH3 is 1. The van der Waals surface area contributed by atoms with Crippen LogP contribution in [-0.2, 0) is 11.3 Å². The molecule has 3 heterocycles. The normalized spacial score (nSPS) is 11.6. The predicted molar refractivity (Wildman–Crippen MR) is 97.6 cm³/mol. The second kappa shape index (κ2) is 6.54. The maximum Gasteiger partial charge on any atom is 0.153 e. The molecule has 0 saturated carbocycles. The van der Waals surface area contributed by atoms with Gasteiger partial charge in [0, 0.05) is 48.5 Å². The molecule has 127 valence electrons. The lowest BCUT2D eigenvalue weighted by atomic mass is 10.2. The summed E-state index contributed by atoms with van der Waals surface area (Å²) in [4.78, 5) is 4.54. The number of aromatic amines is 1. The number of fused-ring (bicyclic) bond motifs is 2. The monoisotopic (exact) mass is 335 g/mol. The van der Waals surface area contributed by atoms with E-state index in [0.29, 0.717) is 19.0 Å². The summed E-state index contributed by atoms with van der Waals surface area (Å²) in [5, 5.41) is 12.3. The first-order valence-corrected chi connectivity index (χ1v) is 8.08. The first-order chi connectivity index (χ1) is 12.3. The van der Waals surface area contributed by atoms with E-state index in [1.165, 1.54) is 0 Å². The zero-order valence-electron chi connectivity index (χ0n) is 13.9. The Labute approximate surface area is 144 Å². The fourth-order valence-electron chi connectivity index (χ4n) is 2.99. The Morgan fingerprint density at radius 2 is 2.28 bits per heavy atom. The lowest BCUT2D eigenvalue weighted by Crippen LogP contribution is -2.20. The SMILES string of the molecule is COCCNCc1cc2[c]ccnc2n1-c1ccc2[nH]nc(N)c2c1. The summed E-state index contributed by atoms with van der Waals surface area (Å²) < 4.78 is 7.22. The predicted octanol–water partition coefficient (Wildman–Crippen LogP) is 2.02. The molecule has 0 unspecified atom stereocenters. The zero-order valence-corrected chi connectivity index (χ0v) is 13.9. The third-order valence-corrected chi connectivity index (χ3v) is 4.18. The number of nitrogens with zero attached hydrogens (tertiary/aromatic N) is 3. The Bertz CT molecular complexity index is 1020. The number of aromatic nitrogens is 4. The molecule has 1 aromatic carbocycles. The number of hydrogen-bond acceptors (Lipinski definition) is 5. The molecule has 25 heavy (non-hydrogen) atoms. The Morgan fingerprint density at radius 1 is 1.36 bits per heavy atom. The largest absolute Gasteiger partial charge is 0.383 e. The van der Waals surface area contributed by atoms with E-state index in [9.17, 15) is 0 Å². The molecule has 0 bridgehead atoms. The van der Waals surface area contributed by atoms with Gasteiger partial charge in [-0.3, -0.25) is 9.67 Å². The molecule has 1 radical (unpaired) electrons. The highest BCUT2D eigenvalue weighted by Crippen LogP contribution is 2.26. The van der Waals surface area contributed by atoms with Gasteiger partial charge in [-0.05, 0) is 36.4 Å². The highest BCUT2D eigenvalue weighted by Gasteiger charge is 2.13. The van der Waals surface area contributed by atoms with E-state index in [1.807, 2.05) is 24.3 Å². The van der Waals surface area contributed by atoms with Gasteiger partial charge in [0.05, 0.1) is 12.1 Å². The van der Waals surface area contributed by atoms with Crippen LogP contribution in [0.1, 0.15) is 5.69 Å². The number of benzene rings is 1. The van der Waals surface area contributed by atoms with Crippen LogP contribution in [0.15, 0.2) is 36.5 Å². The van der Waals surface area contributed by atoms with Gasteiger partial charge in [-0.15, -0.1) is 0 Å². The molecule has 4 aromatic rings. The number of pyridine rings is 1. The number of ether oxygens (including phenoxy) is 1. The zero-order chi connectivity index (χ0) is 17.2. The van der Waals surface area contributed by atoms with Crippen LogP contribution in [0, 0.1) is 6.07 Å². The second-order valence-corrected chi connectivity index (χ2v) is 5.81. The van der Waals surface area contributed by atoms with Crippen molar-refractivity contribution in [1.29, 1.82) is 0 Å². The van der Waals surface area contributed by atoms with Crippen molar-refractivity contribution in [2.75, 3.05) is 26.0 Å². The average Bonchev–Trinajstić information content (AvgIpc) is 3.19. The third kappa shape index (κ3) is 2.84. The number of nitrogens with one attached hydrogen (secondary N) is 2. The highest BCUT2D eigenvalue weighted by molar-refractivity contribution is 5.91. The summed E-state index contributed by atoms with van der Waals surface area (Å²) in [5.41, 5.74) is 9.84. The van der Waals surface area contributed by atoms with Gasteiger partial charge in [-0.25, -0.2) is 4.98 Å². The number of rotatable bonds is 6. The van der Waals surface area contributed by atoms with Crippen LogP contribution >= 0.6 is 0 Å². The molecule has 3 aromatic heterocycles. The minimum Gasteiger partial charge on any atom is -0.383 e. The van der Waals surface area contributed by atoms with E-state index >= 15 is 0 Å². The quantitative estimate of drug-likeness (QED) is 0.469. The van der Waals surface area contributed by atoms with Crippen LogP contribution in [0.3, 0.4) is 0 Å². The fraction of sp³-hybridized carbons (Fsp3) is 0.222. The highest BCUT2D eigenvalue weighted by atomic mass is 16.5. The van der Waals surface area contributed by atoms with Gasteiger partial charge < -0.3 is 15.8 Å². The van der Waals surface area contributed by atoms with Crippen molar-refractivity contribution in [3.63, 3.8) is 0 Å². The average molecular weight is 335 g/mol. The van der Waals surface area contributed by atoms with Gasteiger partial charge >= 0.3 is 0 Å². The van der Waals surface area contributed by atoms with Crippen LogP contribution in [0.5, 0.6) is 0 Å². The van der Waals surface area contributed by atoms with Gasteiger partial charge in [0.15, 0.2) is 5.82 Å². The summed E-state index contributed by atoms with van der Waals surface area (Å²) in [5.74, 6) is 0.493. The molecule has 0 fully saturated rings. The van der Waals surface area contributed by atoms with Gasteiger partial charge in [-0.1, -0.05) is 0 Å². The smallest absolute Gasteiger partial charge is 0.153 e. The number of anilines is 1. The Kier molecular flexibility index (Phi) is 4.09. The second-order valence-electron chi connectivity index (χ2n) is 5.81. The summed E-state index contributed by atoms with van der Waals surface area (Å²) in [6.45, 7) is 2.15. The van der Waals surface area contributed by atoms with Crippen LogP contribution < -0.4 is 11.1 Å². The van der Waals surface area contributed by atoms with Crippen molar-refractivity contribution in [3.8, 4) is 5.69 Å². The van der Waals surface area contributed by atoms with Crippen molar-refractivity contribution < 1.29 is 4.74 Å². The molecule has 7 heteroatoms. The summed E-state index contributed by atoms with van der Waals surface area (Å²) in [6.07, 6.45) is 1.76. The van der Waals surface area contributed by atoms with E-state index in [0.717, 1.165) is 39.9 Å². The number of H-pyrrole nitrogens is 1. The Morgan fingerprint density at radius 3 is 3.16 bits per heavy atom. The maximum atomic E-state index is 5.96. The number of nitrogens with two attached hydrogens (primary N) is 1.